The van der Waals surface area contributed by atoms with E-state index in [1.807, 2.05) is 24.3 Å². The molecule has 1 rings (SSSR count). The van der Waals surface area contributed by atoms with E-state index >= 15 is 0 Å². The van der Waals surface area contributed by atoms with E-state index in [-0.39, 0.29) is 11.8 Å². The largest absolute Gasteiger partial charge is 0.497 e. The minimum Gasteiger partial charge on any atom is -0.497 e. The number of carbonyl (C=O) groups excluding carboxylic acids is 1. The van der Waals surface area contributed by atoms with Crippen LogP contribution >= 0.6 is 0 Å². The number of ether oxygens (including phenoxy) is 1. The summed E-state index contributed by atoms with van der Waals surface area (Å²) in [6.07, 6.45) is 1.12. The summed E-state index contributed by atoms with van der Waals surface area (Å²) in [5.41, 5.74) is 6.81. The van der Waals surface area contributed by atoms with Crippen molar-refractivity contribution in [2.24, 2.45) is 11.7 Å². The average molecular weight is 235 g/mol. The van der Waals surface area contributed by atoms with Crippen LogP contribution in [0, 0.1) is 5.92 Å². The number of ketones is 1. The standard InChI is InChI=1S/C14H21NO2/c1-10(2)7-13(15)14(16)9-11-5-4-6-12(8-11)17-3/h4-6,8,10,13H,7,9,15H2,1-3H3. The Morgan fingerprint density at radius 3 is 2.71 bits per heavy atom. The Balaban J connectivity index is 2.61. The first-order valence-electron chi connectivity index (χ1n) is 5.94. The third-order valence-corrected chi connectivity index (χ3v) is 2.65. The van der Waals surface area contributed by atoms with Crippen molar-refractivity contribution in [1.82, 2.24) is 0 Å². The molecule has 3 nitrogen and oxygen atoms in total. The first kappa shape index (κ1) is 13.7. The minimum absolute atomic E-state index is 0.0898. The number of Topliss-reactive ketones (excluding diaryl/α,β-unsaturated/α-hetero) is 1. The maximum atomic E-state index is 11.9. The number of methoxy groups -OCH3 is 1. The van der Waals surface area contributed by atoms with Crippen molar-refractivity contribution in [2.45, 2.75) is 32.7 Å². The normalized spacial score (nSPS) is 12.5. The van der Waals surface area contributed by atoms with Crippen LogP contribution in [0.15, 0.2) is 24.3 Å². The Kier molecular flexibility index (Phi) is 5.16. The zero-order valence-electron chi connectivity index (χ0n) is 10.8. The van der Waals surface area contributed by atoms with E-state index in [2.05, 4.69) is 13.8 Å². The second-order valence-electron chi connectivity index (χ2n) is 4.73. The molecule has 0 aromatic heterocycles. The molecule has 1 unspecified atom stereocenters. The second kappa shape index (κ2) is 6.40. The van der Waals surface area contributed by atoms with Gasteiger partial charge in [-0.3, -0.25) is 4.79 Å². The molecule has 1 aromatic carbocycles. The quantitative estimate of drug-likeness (QED) is 0.822. The third kappa shape index (κ3) is 4.57. The van der Waals surface area contributed by atoms with Crippen LogP contribution in [0.1, 0.15) is 25.8 Å². The van der Waals surface area contributed by atoms with E-state index in [9.17, 15) is 4.79 Å². The highest BCUT2D eigenvalue weighted by Crippen LogP contribution is 2.14. The third-order valence-electron chi connectivity index (χ3n) is 2.65. The van der Waals surface area contributed by atoms with Crippen LogP contribution in [0.25, 0.3) is 0 Å². The molecule has 0 heterocycles. The molecule has 0 spiro atoms. The SMILES string of the molecule is COc1cccc(CC(=O)C(N)CC(C)C)c1. The zero-order valence-corrected chi connectivity index (χ0v) is 10.8. The van der Waals surface area contributed by atoms with Crippen molar-refractivity contribution in [1.29, 1.82) is 0 Å². The van der Waals surface area contributed by atoms with Crippen LogP contribution in [-0.4, -0.2) is 18.9 Å². The molecule has 0 saturated carbocycles. The lowest BCUT2D eigenvalue weighted by Gasteiger charge is -2.13. The number of hydrogen-bond acceptors (Lipinski definition) is 3. The van der Waals surface area contributed by atoms with Crippen LogP contribution in [0.5, 0.6) is 5.75 Å². The van der Waals surface area contributed by atoms with Gasteiger partial charge in [0.15, 0.2) is 5.78 Å². The van der Waals surface area contributed by atoms with Gasteiger partial charge in [-0.1, -0.05) is 26.0 Å². The molecule has 0 fully saturated rings. The van der Waals surface area contributed by atoms with Gasteiger partial charge in [-0.05, 0) is 30.0 Å². The Morgan fingerprint density at radius 2 is 2.12 bits per heavy atom. The van der Waals surface area contributed by atoms with Gasteiger partial charge >= 0.3 is 0 Å². The molecule has 0 radical (unpaired) electrons. The molecular weight excluding hydrogens is 214 g/mol. The van der Waals surface area contributed by atoms with Crippen molar-refractivity contribution in [3.05, 3.63) is 29.8 Å². The van der Waals surface area contributed by atoms with Gasteiger partial charge in [0.25, 0.3) is 0 Å². The van der Waals surface area contributed by atoms with E-state index in [1.165, 1.54) is 0 Å². The topological polar surface area (TPSA) is 52.3 Å². The molecule has 3 heteroatoms. The Hall–Kier alpha value is -1.35. The van der Waals surface area contributed by atoms with Gasteiger partial charge in [0, 0.05) is 6.42 Å². The molecule has 0 bridgehead atoms. The van der Waals surface area contributed by atoms with Gasteiger partial charge in [0.2, 0.25) is 0 Å². The van der Waals surface area contributed by atoms with E-state index in [1.54, 1.807) is 7.11 Å². The summed E-state index contributed by atoms with van der Waals surface area (Å²) in [7, 11) is 1.62. The summed E-state index contributed by atoms with van der Waals surface area (Å²) in [5, 5.41) is 0. The lowest BCUT2D eigenvalue weighted by Crippen LogP contribution is -2.33. The highest BCUT2D eigenvalue weighted by atomic mass is 16.5. The van der Waals surface area contributed by atoms with Crippen LogP contribution in [-0.2, 0) is 11.2 Å². The average Bonchev–Trinajstić information content (AvgIpc) is 2.28. The molecule has 1 aromatic rings. The van der Waals surface area contributed by atoms with Gasteiger partial charge in [-0.2, -0.15) is 0 Å². The molecule has 17 heavy (non-hydrogen) atoms. The van der Waals surface area contributed by atoms with Crippen molar-refractivity contribution in [2.75, 3.05) is 7.11 Å². The second-order valence-corrected chi connectivity index (χ2v) is 4.73. The number of benzene rings is 1. The molecule has 1 atom stereocenters. The van der Waals surface area contributed by atoms with Gasteiger partial charge < -0.3 is 10.5 Å². The Morgan fingerprint density at radius 1 is 1.41 bits per heavy atom. The van der Waals surface area contributed by atoms with Crippen LogP contribution < -0.4 is 10.5 Å². The first-order chi connectivity index (χ1) is 8.02. The molecule has 0 aliphatic carbocycles. The number of rotatable bonds is 6. The number of carbonyl (C=O) groups is 1. The molecule has 0 aliphatic rings. The van der Waals surface area contributed by atoms with Gasteiger partial charge in [-0.15, -0.1) is 0 Å². The molecule has 94 valence electrons. The predicted molar refractivity (Wildman–Crippen MR) is 69.1 cm³/mol. The van der Waals surface area contributed by atoms with Crippen molar-refractivity contribution >= 4 is 5.78 Å². The summed E-state index contributed by atoms with van der Waals surface area (Å²) >= 11 is 0. The van der Waals surface area contributed by atoms with Crippen molar-refractivity contribution in [3.8, 4) is 5.75 Å². The summed E-state index contributed by atoms with van der Waals surface area (Å²) in [5.74, 6) is 1.30. The summed E-state index contributed by atoms with van der Waals surface area (Å²) in [4.78, 5) is 11.9. The van der Waals surface area contributed by atoms with Gasteiger partial charge in [0.1, 0.15) is 5.75 Å². The molecule has 0 saturated heterocycles. The fourth-order valence-corrected chi connectivity index (χ4v) is 1.75. The number of nitrogens with two attached hydrogens (primary N) is 1. The summed E-state index contributed by atoms with van der Waals surface area (Å²) in [6.45, 7) is 4.14. The summed E-state index contributed by atoms with van der Waals surface area (Å²) < 4.78 is 5.12. The Bertz CT molecular complexity index is 374. The Labute approximate surface area is 103 Å². The van der Waals surface area contributed by atoms with E-state index in [0.29, 0.717) is 12.3 Å². The minimum atomic E-state index is -0.360. The van der Waals surface area contributed by atoms with Crippen LogP contribution in [0.3, 0.4) is 0 Å². The lowest BCUT2D eigenvalue weighted by molar-refractivity contribution is -0.120. The first-order valence-corrected chi connectivity index (χ1v) is 5.94. The highest BCUT2D eigenvalue weighted by Gasteiger charge is 2.15. The zero-order chi connectivity index (χ0) is 12.8. The number of hydrogen-bond donors (Lipinski definition) is 1. The predicted octanol–water partition coefficient (Wildman–Crippen LogP) is 2.18. The highest BCUT2D eigenvalue weighted by molar-refractivity contribution is 5.85. The van der Waals surface area contributed by atoms with E-state index < -0.39 is 0 Å². The molecular formula is C14H21NO2. The fraction of sp³-hybridized carbons (Fsp3) is 0.500. The fourth-order valence-electron chi connectivity index (χ4n) is 1.75. The van der Waals surface area contributed by atoms with Crippen molar-refractivity contribution < 1.29 is 9.53 Å². The molecule has 0 aliphatic heterocycles. The molecule has 2 N–H and O–H groups in total. The smallest absolute Gasteiger partial charge is 0.153 e. The van der Waals surface area contributed by atoms with E-state index in [0.717, 1.165) is 17.7 Å². The van der Waals surface area contributed by atoms with Gasteiger partial charge in [0.05, 0.1) is 13.2 Å². The maximum absolute atomic E-state index is 11.9. The maximum Gasteiger partial charge on any atom is 0.153 e. The van der Waals surface area contributed by atoms with Crippen molar-refractivity contribution in [3.63, 3.8) is 0 Å². The lowest BCUT2D eigenvalue weighted by atomic mass is 9.97. The van der Waals surface area contributed by atoms with Crippen LogP contribution in [0.4, 0.5) is 0 Å². The molecule has 0 amide bonds. The monoisotopic (exact) mass is 235 g/mol. The van der Waals surface area contributed by atoms with E-state index in [4.69, 9.17) is 10.5 Å². The van der Waals surface area contributed by atoms with Crippen LogP contribution in [0.2, 0.25) is 0 Å². The van der Waals surface area contributed by atoms with Gasteiger partial charge in [-0.25, -0.2) is 0 Å². The summed E-state index contributed by atoms with van der Waals surface area (Å²) in [6, 6.07) is 7.18.